The standard InChI is InChI=1S/C40H34FN5/c1-26(33-12-14-38(41)15-13-33)36-20-32(21-37(22-36)34-10-6-8-30(18-34)23-42)25-46-29(4)39(45-28(3)27(2)44-5)16-17-40(46)35-11-7-9-31(19-35)24-43/h6-22,27,44-45H,1,3-4,25H2,2,5H3. The quantitative estimate of drug-likeness (QED) is 0.191. The fourth-order valence-corrected chi connectivity index (χ4v) is 5.28. The van der Waals surface area contributed by atoms with Crippen molar-refractivity contribution < 1.29 is 4.39 Å². The topological polar surface area (TPSA) is 74.9 Å². The van der Waals surface area contributed by atoms with Gasteiger partial charge in [-0.2, -0.15) is 10.5 Å². The van der Waals surface area contributed by atoms with E-state index in [1.807, 2.05) is 68.6 Å². The third-order valence-electron chi connectivity index (χ3n) is 8.07. The van der Waals surface area contributed by atoms with E-state index in [9.17, 15) is 14.9 Å². The zero-order valence-corrected chi connectivity index (χ0v) is 25.9. The molecule has 1 atom stereocenters. The van der Waals surface area contributed by atoms with Crippen molar-refractivity contribution in [3.63, 3.8) is 0 Å². The first-order valence-corrected chi connectivity index (χ1v) is 14.8. The summed E-state index contributed by atoms with van der Waals surface area (Å²) in [7, 11) is 1.88. The largest absolute Gasteiger partial charge is 0.356 e. The summed E-state index contributed by atoms with van der Waals surface area (Å²) in [5, 5.41) is 25.8. The van der Waals surface area contributed by atoms with Crippen LogP contribution in [0.5, 0.6) is 0 Å². The number of allylic oxidation sites excluding steroid dienone is 2. The smallest absolute Gasteiger partial charge is 0.123 e. The number of nitriles is 2. The van der Waals surface area contributed by atoms with E-state index in [2.05, 4.69) is 59.5 Å². The number of likely N-dealkylation sites (N-methyl/N-ethyl adjacent to an activating group) is 1. The van der Waals surface area contributed by atoms with Crippen molar-refractivity contribution in [2.45, 2.75) is 19.5 Å². The summed E-state index contributed by atoms with van der Waals surface area (Å²) >= 11 is 0. The Bertz CT molecular complexity index is 1990. The number of hydrogen-bond donors (Lipinski definition) is 2. The van der Waals surface area contributed by atoms with Gasteiger partial charge in [0.25, 0.3) is 0 Å². The molecule has 1 heterocycles. The summed E-state index contributed by atoms with van der Waals surface area (Å²) in [5.41, 5.74) is 10.4. The summed E-state index contributed by atoms with van der Waals surface area (Å²) in [5.74, 6) is -0.313. The van der Waals surface area contributed by atoms with Crippen LogP contribution in [0.1, 0.15) is 40.3 Å². The van der Waals surface area contributed by atoms with Crippen molar-refractivity contribution >= 4 is 11.3 Å². The highest BCUT2D eigenvalue weighted by Crippen LogP contribution is 2.35. The lowest BCUT2D eigenvalue weighted by Crippen LogP contribution is -2.34. The van der Waals surface area contributed by atoms with Crippen LogP contribution in [0.2, 0.25) is 0 Å². The molecular formula is C40H34FN5. The van der Waals surface area contributed by atoms with Crippen LogP contribution < -0.4 is 10.6 Å². The first-order valence-electron chi connectivity index (χ1n) is 14.8. The highest BCUT2D eigenvalue weighted by molar-refractivity contribution is 5.82. The number of benzene rings is 4. The average Bonchev–Trinajstić information content (AvgIpc) is 3.09. The molecule has 226 valence electrons. The minimum atomic E-state index is -0.313. The van der Waals surface area contributed by atoms with Gasteiger partial charge in [-0.1, -0.05) is 56.1 Å². The van der Waals surface area contributed by atoms with E-state index in [0.717, 1.165) is 61.7 Å². The van der Waals surface area contributed by atoms with Crippen LogP contribution >= 0.6 is 0 Å². The Kier molecular flexibility index (Phi) is 9.43. The van der Waals surface area contributed by atoms with E-state index in [-0.39, 0.29) is 11.9 Å². The van der Waals surface area contributed by atoms with Gasteiger partial charge in [0.05, 0.1) is 34.7 Å². The Morgan fingerprint density at radius 2 is 1.48 bits per heavy atom. The summed E-state index contributed by atoms with van der Waals surface area (Å²) < 4.78 is 13.8. The molecule has 46 heavy (non-hydrogen) atoms. The van der Waals surface area contributed by atoms with E-state index in [1.54, 1.807) is 24.3 Å². The molecule has 4 aromatic carbocycles. The van der Waals surface area contributed by atoms with Crippen molar-refractivity contribution in [2.75, 3.05) is 7.05 Å². The molecular weight excluding hydrogens is 569 g/mol. The first-order chi connectivity index (χ1) is 22.2. The maximum Gasteiger partial charge on any atom is 0.123 e. The van der Waals surface area contributed by atoms with Gasteiger partial charge in [-0.15, -0.1) is 0 Å². The molecule has 1 unspecified atom stereocenters. The third kappa shape index (κ3) is 6.89. The van der Waals surface area contributed by atoms with Crippen LogP contribution in [-0.2, 0) is 6.54 Å². The summed E-state index contributed by atoms with van der Waals surface area (Å²) in [4.78, 5) is 2.12. The van der Waals surface area contributed by atoms with Crippen molar-refractivity contribution in [3.05, 3.63) is 179 Å². The zero-order chi connectivity index (χ0) is 32.8. The molecule has 5 rings (SSSR count). The SMILES string of the molecule is C=C(c1ccc(F)cc1)c1cc(CN2C(=C)C(NC(=C)C(C)NC)=CC=C2c2cccc(C#N)c2)cc(-c2cccc(C#N)c2)c1. The molecule has 0 radical (unpaired) electrons. The number of rotatable bonds is 10. The molecule has 0 amide bonds. The fourth-order valence-electron chi connectivity index (χ4n) is 5.28. The van der Waals surface area contributed by atoms with Gasteiger partial charge in [0.15, 0.2) is 0 Å². The maximum atomic E-state index is 13.8. The van der Waals surface area contributed by atoms with Gasteiger partial charge in [-0.05, 0) is 120 Å². The molecule has 0 saturated carbocycles. The third-order valence-corrected chi connectivity index (χ3v) is 8.07. The van der Waals surface area contributed by atoms with E-state index < -0.39 is 0 Å². The van der Waals surface area contributed by atoms with Gasteiger partial charge in [-0.3, -0.25) is 0 Å². The molecule has 6 heteroatoms. The lowest BCUT2D eigenvalue weighted by Gasteiger charge is -2.34. The Morgan fingerprint density at radius 1 is 0.826 bits per heavy atom. The second-order valence-electron chi connectivity index (χ2n) is 11.1. The van der Waals surface area contributed by atoms with Crippen molar-refractivity contribution in [3.8, 4) is 23.3 Å². The van der Waals surface area contributed by atoms with Crippen molar-refractivity contribution in [2.24, 2.45) is 0 Å². The molecule has 0 fully saturated rings. The summed E-state index contributed by atoms with van der Waals surface area (Å²) in [6.07, 6.45) is 4.00. The van der Waals surface area contributed by atoms with Crippen molar-refractivity contribution in [1.82, 2.24) is 15.5 Å². The van der Waals surface area contributed by atoms with Crippen LogP contribution in [0.25, 0.3) is 22.4 Å². The lowest BCUT2D eigenvalue weighted by atomic mass is 9.92. The van der Waals surface area contributed by atoms with Gasteiger partial charge >= 0.3 is 0 Å². The van der Waals surface area contributed by atoms with Crippen LogP contribution in [0.3, 0.4) is 0 Å². The van der Waals surface area contributed by atoms with E-state index in [1.165, 1.54) is 12.1 Å². The van der Waals surface area contributed by atoms with Gasteiger partial charge in [-0.25, -0.2) is 4.39 Å². The van der Waals surface area contributed by atoms with Gasteiger partial charge in [0.2, 0.25) is 0 Å². The van der Waals surface area contributed by atoms with E-state index >= 15 is 0 Å². The normalized spacial score (nSPS) is 13.2. The van der Waals surface area contributed by atoms with Crippen LogP contribution in [-0.4, -0.2) is 18.0 Å². The second-order valence-corrected chi connectivity index (χ2v) is 11.1. The Morgan fingerprint density at radius 3 is 2.13 bits per heavy atom. The Labute approximate surface area is 270 Å². The predicted molar refractivity (Wildman–Crippen MR) is 184 cm³/mol. The Hall–Kier alpha value is -5.95. The van der Waals surface area contributed by atoms with E-state index in [0.29, 0.717) is 17.7 Å². The number of nitrogens with one attached hydrogen (secondary N) is 2. The maximum absolute atomic E-state index is 13.8. The average molecular weight is 604 g/mol. The molecule has 1 aliphatic heterocycles. The molecule has 4 aromatic rings. The highest BCUT2D eigenvalue weighted by atomic mass is 19.1. The molecule has 0 saturated heterocycles. The minimum absolute atomic E-state index is 0.0284. The predicted octanol–water partition coefficient (Wildman–Crippen LogP) is 8.26. The van der Waals surface area contributed by atoms with Crippen LogP contribution in [0.4, 0.5) is 4.39 Å². The first kappa shape index (κ1) is 31.5. The number of nitrogens with zero attached hydrogens (tertiary/aromatic N) is 3. The minimum Gasteiger partial charge on any atom is -0.356 e. The Balaban J connectivity index is 1.61. The molecule has 0 bridgehead atoms. The highest BCUT2D eigenvalue weighted by Gasteiger charge is 2.23. The number of hydrogen-bond acceptors (Lipinski definition) is 5. The van der Waals surface area contributed by atoms with Crippen molar-refractivity contribution in [1.29, 1.82) is 10.5 Å². The molecule has 2 N–H and O–H groups in total. The van der Waals surface area contributed by atoms with Crippen LogP contribution in [0.15, 0.2) is 140 Å². The van der Waals surface area contributed by atoms with Crippen LogP contribution in [0, 0.1) is 28.5 Å². The zero-order valence-electron chi connectivity index (χ0n) is 25.9. The summed E-state index contributed by atoms with van der Waals surface area (Å²) in [6.45, 7) is 15.5. The van der Waals surface area contributed by atoms with E-state index in [4.69, 9.17) is 0 Å². The van der Waals surface area contributed by atoms with Gasteiger partial charge < -0.3 is 15.5 Å². The molecule has 0 aromatic heterocycles. The summed E-state index contributed by atoms with van der Waals surface area (Å²) in [6, 6.07) is 32.0. The van der Waals surface area contributed by atoms with Gasteiger partial charge in [0.1, 0.15) is 5.82 Å². The fraction of sp³-hybridized carbons (Fsp3) is 0.100. The second kappa shape index (κ2) is 13.8. The molecule has 0 aliphatic carbocycles. The molecule has 0 spiro atoms. The molecule has 1 aliphatic rings. The number of halogens is 1. The lowest BCUT2D eigenvalue weighted by molar-refractivity contribution is 0.480. The van der Waals surface area contributed by atoms with Gasteiger partial charge in [0, 0.05) is 24.0 Å². The molecule has 5 nitrogen and oxygen atoms in total. The monoisotopic (exact) mass is 603 g/mol.